The van der Waals surface area contributed by atoms with Crippen LogP contribution in [0.5, 0.6) is 5.75 Å². The molecule has 2 aliphatic rings. The number of nitrogens with zero attached hydrogens (tertiary/aromatic N) is 3. The van der Waals surface area contributed by atoms with E-state index in [1.54, 1.807) is 19.5 Å². The lowest BCUT2D eigenvalue weighted by atomic mass is 9.98. The molecule has 11 nitrogen and oxygen atoms in total. The van der Waals surface area contributed by atoms with Crippen LogP contribution in [0.4, 0.5) is 32.3 Å². The van der Waals surface area contributed by atoms with Crippen LogP contribution in [0.2, 0.25) is 0 Å². The molecule has 0 aliphatic carbocycles. The van der Waals surface area contributed by atoms with Crippen LogP contribution < -0.4 is 10.1 Å². The number of carboxylic acid groups (broad SMARTS) is 2. The highest BCUT2D eigenvalue weighted by Gasteiger charge is 2.43. The minimum absolute atomic E-state index is 0.120. The van der Waals surface area contributed by atoms with Gasteiger partial charge in [0.1, 0.15) is 11.4 Å². The maximum Gasteiger partial charge on any atom is 0.490 e. The number of ether oxygens (including phenoxy) is 3. The van der Waals surface area contributed by atoms with Crippen molar-refractivity contribution in [2.24, 2.45) is 0 Å². The van der Waals surface area contributed by atoms with Crippen LogP contribution in [0, 0.1) is 0 Å². The van der Waals surface area contributed by atoms with Gasteiger partial charge in [-0.1, -0.05) is 30.3 Å². The second kappa shape index (κ2) is 15.9. The molecule has 1 spiro atoms. The third-order valence-electron chi connectivity index (χ3n) is 6.91. The lowest BCUT2D eigenvalue weighted by Gasteiger charge is -2.32. The number of rotatable bonds is 6. The van der Waals surface area contributed by atoms with Gasteiger partial charge in [0.05, 0.1) is 26.4 Å². The van der Waals surface area contributed by atoms with Crippen molar-refractivity contribution in [3.05, 3.63) is 60.4 Å². The molecule has 0 unspecified atom stereocenters. The first-order chi connectivity index (χ1) is 21.6. The van der Waals surface area contributed by atoms with E-state index in [1.807, 2.05) is 6.07 Å². The number of carboxylic acids is 2. The number of aromatic nitrogens is 2. The van der Waals surface area contributed by atoms with Crippen LogP contribution in [-0.4, -0.2) is 101 Å². The van der Waals surface area contributed by atoms with Crippen LogP contribution >= 0.6 is 0 Å². The normalized spacial score (nSPS) is 20.1. The topological polar surface area (TPSA) is 143 Å². The molecule has 3 aromatic rings. The van der Waals surface area contributed by atoms with Crippen LogP contribution in [0.15, 0.2) is 54.9 Å². The van der Waals surface area contributed by atoms with Crippen molar-refractivity contribution in [1.29, 1.82) is 0 Å². The molecule has 2 atom stereocenters. The molecule has 2 fully saturated rings. The van der Waals surface area contributed by atoms with Crippen molar-refractivity contribution in [3.63, 3.8) is 0 Å². The fourth-order valence-electron chi connectivity index (χ4n) is 4.87. The molecule has 2 aliphatic heterocycles. The van der Waals surface area contributed by atoms with Gasteiger partial charge in [-0.05, 0) is 35.7 Å². The van der Waals surface area contributed by atoms with Crippen LogP contribution in [0.25, 0.3) is 10.8 Å². The second-order valence-electron chi connectivity index (χ2n) is 10.3. The molecule has 17 heteroatoms. The van der Waals surface area contributed by atoms with Crippen molar-refractivity contribution in [2.75, 3.05) is 45.3 Å². The summed E-state index contributed by atoms with van der Waals surface area (Å²) < 4.78 is 81.8. The number of benzene rings is 2. The van der Waals surface area contributed by atoms with Crippen molar-refractivity contribution in [3.8, 4) is 5.75 Å². The lowest BCUT2D eigenvalue weighted by Crippen LogP contribution is -2.44. The number of nitrogens with one attached hydrogen (secondary N) is 1. The highest BCUT2D eigenvalue weighted by atomic mass is 19.4. The summed E-state index contributed by atoms with van der Waals surface area (Å²) in [5.41, 5.74) is 0.943. The van der Waals surface area contributed by atoms with E-state index in [2.05, 4.69) is 56.6 Å². The first-order valence-electron chi connectivity index (χ1n) is 13.8. The predicted octanol–water partition coefficient (Wildman–Crippen LogP) is 4.77. The first-order valence-corrected chi connectivity index (χ1v) is 13.8. The Hall–Kier alpha value is -4.22. The number of methoxy groups -OCH3 is 1. The molecule has 0 radical (unpaired) electrons. The van der Waals surface area contributed by atoms with E-state index in [0.717, 1.165) is 38.2 Å². The average molecular weight is 663 g/mol. The van der Waals surface area contributed by atoms with E-state index in [0.29, 0.717) is 25.7 Å². The molecule has 0 bridgehead atoms. The summed E-state index contributed by atoms with van der Waals surface area (Å²) in [5.74, 6) is -3.95. The zero-order valence-corrected chi connectivity index (χ0v) is 24.5. The van der Waals surface area contributed by atoms with E-state index in [1.165, 1.54) is 16.3 Å². The maximum absolute atomic E-state index is 10.6. The monoisotopic (exact) mass is 662 g/mol. The number of halogens is 6. The Kier molecular flexibility index (Phi) is 12.5. The summed E-state index contributed by atoms with van der Waals surface area (Å²) in [7, 11) is 1.74. The van der Waals surface area contributed by atoms with Crippen LogP contribution in [-0.2, 0) is 25.6 Å². The van der Waals surface area contributed by atoms with Crippen molar-refractivity contribution >= 4 is 28.7 Å². The van der Waals surface area contributed by atoms with Crippen molar-refractivity contribution in [2.45, 2.75) is 43.4 Å². The zero-order valence-electron chi connectivity index (χ0n) is 24.5. The molecule has 3 heterocycles. The van der Waals surface area contributed by atoms with Crippen LogP contribution in [0.1, 0.15) is 18.4 Å². The molecule has 1 aromatic heterocycles. The highest BCUT2D eigenvalue weighted by molar-refractivity contribution is 5.87. The number of hydrogen-bond donors (Lipinski definition) is 3. The molecule has 0 saturated carbocycles. The number of aliphatic carboxylic acids is 2. The molecule has 5 rings (SSSR count). The van der Waals surface area contributed by atoms with Gasteiger partial charge in [-0.2, -0.15) is 26.3 Å². The standard InChI is InChI=1S/C25H30N4O3.2C2HF3O2/c1-30-23-8-7-19-5-2-3-6-21(19)22(23)16-29-13-14-31-18-25(17-29)10-9-20(32-25)15-28-24-26-11-4-12-27-24;2*3-2(4,5)1(6)7/h2-8,11-12,20H,9-10,13-18H2,1H3,(H,26,27,28);2*(H,6,7)/t20-,25+;;/m1../s1. The predicted molar refractivity (Wildman–Crippen MR) is 151 cm³/mol. The molecule has 3 N–H and O–H groups in total. The van der Waals surface area contributed by atoms with Crippen LogP contribution in [0.3, 0.4) is 0 Å². The Morgan fingerprint density at radius 1 is 1.02 bits per heavy atom. The summed E-state index contributed by atoms with van der Waals surface area (Å²) >= 11 is 0. The number of fused-ring (bicyclic) bond motifs is 1. The van der Waals surface area contributed by atoms with Crippen molar-refractivity contribution < 1.29 is 60.4 Å². The summed E-state index contributed by atoms with van der Waals surface area (Å²) in [5, 5.41) is 20.0. The summed E-state index contributed by atoms with van der Waals surface area (Å²) in [6, 6.07) is 14.5. The van der Waals surface area contributed by atoms with E-state index in [4.69, 9.17) is 34.0 Å². The molecule has 0 amide bonds. The number of alkyl halides is 6. The number of hydrogen-bond acceptors (Lipinski definition) is 9. The molecular weight excluding hydrogens is 630 g/mol. The summed E-state index contributed by atoms with van der Waals surface area (Å²) in [6.07, 6.45) is -4.59. The fourth-order valence-corrected chi connectivity index (χ4v) is 4.87. The number of carbonyl (C=O) groups is 2. The SMILES string of the molecule is COc1ccc2ccccc2c1CN1CCOC[C@]2(CC[C@H](CNc3ncccn3)O2)C1.O=C(O)C(F)(F)F.O=C(O)C(F)(F)F. The minimum atomic E-state index is -5.08. The average Bonchev–Trinajstić information content (AvgIpc) is 3.29. The van der Waals surface area contributed by atoms with E-state index in [-0.39, 0.29) is 11.7 Å². The molecule has 2 saturated heterocycles. The molecule has 2 aromatic carbocycles. The Balaban J connectivity index is 0.000000345. The molecular formula is C29H32F6N4O7. The third kappa shape index (κ3) is 10.7. The second-order valence-corrected chi connectivity index (χ2v) is 10.3. The third-order valence-corrected chi connectivity index (χ3v) is 6.91. The maximum atomic E-state index is 10.6. The molecule has 46 heavy (non-hydrogen) atoms. The van der Waals surface area contributed by atoms with Gasteiger partial charge in [0.15, 0.2) is 0 Å². The van der Waals surface area contributed by atoms with Crippen molar-refractivity contribution in [1.82, 2.24) is 14.9 Å². The highest BCUT2D eigenvalue weighted by Crippen LogP contribution is 2.35. The Bertz CT molecular complexity index is 1420. The smallest absolute Gasteiger partial charge is 0.490 e. The quantitative estimate of drug-likeness (QED) is 0.314. The lowest BCUT2D eigenvalue weighted by molar-refractivity contribution is -0.193. The Morgan fingerprint density at radius 3 is 2.26 bits per heavy atom. The van der Waals surface area contributed by atoms with Gasteiger partial charge in [-0.25, -0.2) is 19.6 Å². The number of anilines is 1. The van der Waals surface area contributed by atoms with Gasteiger partial charge in [-0.15, -0.1) is 0 Å². The Morgan fingerprint density at radius 2 is 1.65 bits per heavy atom. The Labute approximate surface area is 259 Å². The van der Waals surface area contributed by atoms with Gasteiger partial charge in [0, 0.05) is 44.1 Å². The largest absolute Gasteiger partial charge is 0.496 e. The van der Waals surface area contributed by atoms with Gasteiger partial charge in [0.2, 0.25) is 5.95 Å². The summed E-state index contributed by atoms with van der Waals surface area (Å²) in [6.45, 7) is 4.56. The minimum Gasteiger partial charge on any atom is -0.496 e. The first kappa shape index (κ1) is 36.3. The van der Waals surface area contributed by atoms with E-state index in [9.17, 15) is 26.3 Å². The van der Waals surface area contributed by atoms with Gasteiger partial charge in [-0.3, -0.25) is 4.90 Å². The van der Waals surface area contributed by atoms with Gasteiger partial charge < -0.3 is 29.7 Å². The van der Waals surface area contributed by atoms with E-state index >= 15 is 0 Å². The summed E-state index contributed by atoms with van der Waals surface area (Å²) in [4.78, 5) is 28.7. The van der Waals surface area contributed by atoms with Gasteiger partial charge >= 0.3 is 24.3 Å². The van der Waals surface area contributed by atoms with E-state index < -0.39 is 24.3 Å². The molecule has 252 valence electrons. The zero-order chi connectivity index (χ0) is 34.0. The van der Waals surface area contributed by atoms with Gasteiger partial charge in [0.25, 0.3) is 0 Å². The fraction of sp³-hybridized carbons (Fsp3) is 0.448.